The molecule has 2 aromatic rings. The molecule has 30 heavy (non-hydrogen) atoms. The van der Waals surface area contributed by atoms with Gasteiger partial charge in [-0.2, -0.15) is 5.10 Å². The fraction of sp³-hybridized carbons (Fsp3) is 0.391. The number of rotatable bonds is 4. The van der Waals surface area contributed by atoms with Gasteiger partial charge in [0.25, 0.3) is 5.91 Å². The van der Waals surface area contributed by atoms with Crippen LogP contribution in [-0.2, 0) is 4.79 Å². The highest BCUT2D eigenvalue weighted by Crippen LogP contribution is 2.39. The molecule has 1 unspecified atom stereocenters. The van der Waals surface area contributed by atoms with E-state index in [0.29, 0.717) is 27.9 Å². The van der Waals surface area contributed by atoms with Crippen molar-refractivity contribution in [1.29, 1.82) is 0 Å². The lowest BCUT2D eigenvalue weighted by Gasteiger charge is -2.25. The normalized spacial score (nSPS) is 20.0. The minimum Gasteiger partial charge on any atom is -0.399 e. The Hall–Kier alpha value is -2.24. The summed E-state index contributed by atoms with van der Waals surface area (Å²) < 4.78 is 0. The third-order valence-corrected chi connectivity index (χ3v) is 6.39. The molecule has 3 N–H and O–H groups in total. The van der Waals surface area contributed by atoms with E-state index in [9.17, 15) is 4.79 Å². The van der Waals surface area contributed by atoms with Crippen LogP contribution in [0.2, 0.25) is 10.0 Å². The second kappa shape index (κ2) is 9.27. The first kappa shape index (κ1) is 21.0. The van der Waals surface area contributed by atoms with Gasteiger partial charge in [0.2, 0.25) is 0 Å². The van der Waals surface area contributed by atoms with Crippen LogP contribution in [0.5, 0.6) is 0 Å². The molecular formula is C23H26Cl2N4O. The van der Waals surface area contributed by atoms with Crippen molar-refractivity contribution in [1.82, 2.24) is 5.32 Å². The third kappa shape index (κ3) is 4.73. The van der Waals surface area contributed by atoms with E-state index in [1.165, 1.54) is 12.8 Å². The largest absolute Gasteiger partial charge is 0.399 e. The molecule has 2 aromatic carbocycles. The molecule has 0 bridgehead atoms. The van der Waals surface area contributed by atoms with Gasteiger partial charge >= 0.3 is 0 Å². The van der Waals surface area contributed by atoms with Crippen molar-refractivity contribution in [2.24, 2.45) is 5.10 Å². The number of hydrogen-bond donors (Lipinski definition) is 2. The predicted octanol–water partition coefficient (Wildman–Crippen LogP) is 5.72. The van der Waals surface area contributed by atoms with Gasteiger partial charge < -0.3 is 11.1 Å². The summed E-state index contributed by atoms with van der Waals surface area (Å²) in [4.78, 5) is 13.0. The van der Waals surface area contributed by atoms with E-state index in [4.69, 9.17) is 34.0 Å². The summed E-state index contributed by atoms with van der Waals surface area (Å²) in [6.45, 7) is 0. The average Bonchev–Trinajstić information content (AvgIpc) is 3.00. The molecule has 1 aliphatic heterocycles. The average molecular weight is 445 g/mol. The molecule has 5 nitrogen and oxygen atoms in total. The lowest BCUT2D eigenvalue weighted by molar-refractivity contribution is -0.115. The highest BCUT2D eigenvalue weighted by atomic mass is 35.5. The summed E-state index contributed by atoms with van der Waals surface area (Å²) in [6.07, 6.45) is 7.39. The Bertz CT molecular complexity index is 937. The van der Waals surface area contributed by atoms with Gasteiger partial charge in [-0.3, -0.25) is 9.80 Å². The molecule has 1 saturated carbocycles. The number of nitrogen functional groups attached to an aromatic ring is 1. The van der Waals surface area contributed by atoms with E-state index in [1.54, 1.807) is 12.1 Å². The van der Waals surface area contributed by atoms with Crippen LogP contribution in [-0.4, -0.2) is 17.7 Å². The highest BCUT2D eigenvalue weighted by Gasteiger charge is 2.34. The van der Waals surface area contributed by atoms with Crippen molar-refractivity contribution in [3.05, 3.63) is 58.1 Å². The van der Waals surface area contributed by atoms with E-state index in [2.05, 4.69) is 5.32 Å². The Balaban J connectivity index is 1.61. The molecule has 7 heteroatoms. The number of halogens is 2. The van der Waals surface area contributed by atoms with Crippen LogP contribution < -0.4 is 16.1 Å². The van der Waals surface area contributed by atoms with Crippen molar-refractivity contribution in [3.8, 4) is 0 Å². The number of carbonyl (C=O) groups excluding carboxylic acids is 1. The summed E-state index contributed by atoms with van der Waals surface area (Å²) in [5, 5.41) is 10.9. The second-order valence-electron chi connectivity index (χ2n) is 8.04. The van der Waals surface area contributed by atoms with Crippen molar-refractivity contribution >= 4 is 46.2 Å². The van der Waals surface area contributed by atoms with Crippen molar-refractivity contribution in [2.45, 2.75) is 57.0 Å². The Labute approximate surface area is 187 Å². The SMILES string of the molecule is Nc1ccc(N2N=C(C(=O)NC3CCCCCC3)CC2c2ccc(Cl)cc2)c(Cl)c1. The molecule has 1 fully saturated rings. The number of hydrogen-bond acceptors (Lipinski definition) is 4. The topological polar surface area (TPSA) is 70.7 Å². The van der Waals surface area contributed by atoms with Gasteiger partial charge in [-0.05, 0) is 48.7 Å². The number of benzene rings is 2. The number of hydrazone groups is 1. The zero-order valence-corrected chi connectivity index (χ0v) is 18.3. The molecule has 0 radical (unpaired) electrons. The van der Waals surface area contributed by atoms with Crippen LogP contribution in [0.15, 0.2) is 47.6 Å². The quantitative estimate of drug-likeness (QED) is 0.467. The first-order valence-corrected chi connectivity index (χ1v) is 11.2. The van der Waals surface area contributed by atoms with Gasteiger partial charge in [0, 0.05) is 23.2 Å². The monoisotopic (exact) mass is 444 g/mol. The number of nitrogens with zero attached hydrogens (tertiary/aromatic N) is 2. The summed E-state index contributed by atoms with van der Waals surface area (Å²) in [5.74, 6) is -0.0880. The summed E-state index contributed by atoms with van der Waals surface area (Å²) in [6, 6.07) is 13.1. The number of nitrogens with two attached hydrogens (primary N) is 1. The first-order valence-electron chi connectivity index (χ1n) is 10.5. The minimum absolute atomic E-state index is 0.0880. The standard InChI is InChI=1S/C23H26Cl2N4O/c24-16-9-7-15(8-10-16)22-14-20(23(30)27-18-5-3-1-2-4-6-18)28-29(22)21-12-11-17(26)13-19(21)25/h7-13,18,22H,1-6,14,26H2,(H,27,30). The molecule has 1 atom stereocenters. The molecule has 1 amide bonds. The fourth-order valence-electron chi connectivity index (χ4n) is 4.22. The van der Waals surface area contributed by atoms with Crippen LogP contribution >= 0.6 is 23.2 Å². The zero-order valence-electron chi connectivity index (χ0n) is 16.8. The number of anilines is 2. The lowest BCUT2D eigenvalue weighted by Crippen LogP contribution is -2.38. The molecule has 1 aliphatic carbocycles. The summed E-state index contributed by atoms with van der Waals surface area (Å²) in [5.41, 5.74) is 8.72. The Kier molecular flexibility index (Phi) is 6.49. The van der Waals surface area contributed by atoms with Crippen LogP contribution in [0.3, 0.4) is 0 Å². The van der Waals surface area contributed by atoms with Gasteiger partial charge in [0.05, 0.1) is 16.8 Å². The van der Waals surface area contributed by atoms with Crippen LogP contribution in [0, 0.1) is 0 Å². The number of nitrogens with one attached hydrogen (secondary N) is 1. The van der Waals surface area contributed by atoms with E-state index >= 15 is 0 Å². The maximum atomic E-state index is 13.0. The summed E-state index contributed by atoms with van der Waals surface area (Å²) in [7, 11) is 0. The van der Waals surface area contributed by atoms with E-state index in [0.717, 1.165) is 36.9 Å². The molecule has 2 aliphatic rings. The number of amides is 1. The second-order valence-corrected chi connectivity index (χ2v) is 8.88. The molecule has 1 heterocycles. The smallest absolute Gasteiger partial charge is 0.267 e. The van der Waals surface area contributed by atoms with Gasteiger partial charge in [-0.1, -0.05) is 61.0 Å². The van der Waals surface area contributed by atoms with Crippen LogP contribution in [0.4, 0.5) is 11.4 Å². The van der Waals surface area contributed by atoms with Gasteiger partial charge in [-0.15, -0.1) is 0 Å². The Morgan fingerprint density at radius 3 is 2.40 bits per heavy atom. The van der Waals surface area contributed by atoms with E-state index in [-0.39, 0.29) is 18.0 Å². The number of carbonyl (C=O) groups is 1. The lowest BCUT2D eigenvalue weighted by atomic mass is 10.0. The van der Waals surface area contributed by atoms with Crippen LogP contribution in [0.25, 0.3) is 0 Å². The van der Waals surface area contributed by atoms with E-state index in [1.807, 2.05) is 35.3 Å². The third-order valence-electron chi connectivity index (χ3n) is 5.84. The zero-order chi connectivity index (χ0) is 21.1. The molecule has 0 saturated heterocycles. The van der Waals surface area contributed by atoms with Gasteiger partial charge in [0.1, 0.15) is 5.71 Å². The van der Waals surface area contributed by atoms with Crippen molar-refractivity contribution in [2.75, 3.05) is 10.7 Å². The predicted molar refractivity (Wildman–Crippen MR) is 124 cm³/mol. The molecule has 158 valence electrons. The minimum atomic E-state index is -0.140. The molecule has 0 aromatic heterocycles. The van der Waals surface area contributed by atoms with Gasteiger partial charge in [-0.25, -0.2) is 0 Å². The molecule has 4 rings (SSSR count). The molecule has 0 spiro atoms. The first-order chi connectivity index (χ1) is 14.5. The van der Waals surface area contributed by atoms with E-state index < -0.39 is 0 Å². The van der Waals surface area contributed by atoms with Crippen molar-refractivity contribution in [3.63, 3.8) is 0 Å². The Morgan fingerprint density at radius 1 is 1.03 bits per heavy atom. The van der Waals surface area contributed by atoms with Crippen LogP contribution in [0.1, 0.15) is 56.6 Å². The fourth-order valence-corrected chi connectivity index (χ4v) is 4.62. The summed E-state index contributed by atoms with van der Waals surface area (Å²) >= 11 is 12.5. The van der Waals surface area contributed by atoms with Crippen molar-refractivity contribution < 1.29 is 4.79 Å². The van der Waals surface area contributed by atoms with Gasteiger partial charge in [0.15, 0.2) is 0 Å². The highest BCUT2D eigenvalue weighted by molar-refractivity contribution is 6.40. The molecular weight excluding hydrogens is 419 g/mol. The maximum Gasteiger partial charge on any atom is 0.267 e. The Morgan fingerprint density at radius 2 is 1.73 bits per heavy atom. The maximum absolute atomic E-state index is 13.0.